The van der Waals surface area contributed by atoms with Crippen LogP contribution in [0.4, 0.5) is 5.13 Å². The zero-order chi connectivity index (χ0) is 17.9. The molecule has 1 atom stereocenters. The SMILES string of the molecule is CCc1nccn1C1CCCN(c2nnc(Cc3ccc(Cl)cc3)s2)C1. The molecule has 0 aliphatic carbocycles. The van der Waals surface area contributed by atoms with Crippen LogP contribution in [0.1, 0.15) is 42.2 Å². The highest BCUT2D eigenvalue weighted by molar-refractivity contribution is 7.15. The monoisotopic (exact) mass is 387 g/mol. The van der Waals surface area contributed by atoms with Crippen LogP contribution in [-0.4, -0.2) is 32.8 Å². The van der Waals surface area contributed by atoms with Gasteiger partial charge < -0.3 is 9.47 Å². The molecule has 0 N–H and O–H groups in total. The number of hydrogen-bond acceptors (Lipinski definition) is 5. The van der Waals surface area contributed by atoms with Crippen LogP contribution in [0.5, 0.6) is 0 Å². The second-order valence-electron chi connectivity index (χ2n) is 6.63. The number of nitrogens with zero attached hydrogens (tertiary/aromatic N) is 5. The van der Waals surface area contributed by atoms with Crippen molar-refractivity contribution in [3.63, 3.8) is 0 Å². The van der Waals surface area contributed by atoms with Crippen LogP contribution in [0.3, 0.4) is 0 Å². The summed E-state index contributed by atoms with van der Waals surface area (Å²) < 4.78 is 2.34. The number of imidazole rings is 1. The average Bonchev–Trinajstić information content (AvgIpc) is 3.33. The third-order valence-electron chi connectivity index (χ3n) is 4.85. The molecule has 7 heteroatoms. The van der Waals surface area contributed by atoms with Crippen molar-refractivity contribution in [3.8, 4) is 0 Å². The highest BCUT2D eigenvalue weighted by atomic mass is 35.5. The minimum absolute atomic E-state index is 0.463. The number of rotatable bonds is 5. The Kier molecular flexibility index (Phi) is 5.22. The summed E-state index contributed by atoms with van der Waals surface area (Å²) in [7, 11) is 0. The van der Waals surface area contributed by atoms with Crippen molar-refractivity contribution in [2.75, 3.05) is 18.0 Å². The van der Waals surface area contributed by atoms with Crippen molar-refractivity contribution < 1.29 is 0 Å². The molecule has 3 aromatic rings. The van der Waals surface area contributed by atoms with E-state index in [1.807, 2.05) is 30.5 Å². The van der Waals surface area contributed by atoms with Gasteiger partial charge in [-0.05, 0) is 30.5 Å². The fourth-order valence-corrected chi connectivity index (χ4v) is 4.56. The Balaban J connectivity index is 1.46. The Morgan fingerprint density at radius 1 is 1.23 bits per heavy atom. The van der Waals surface area contributed by atoms with Crippen LogP contribution in [0.2, 0.25) is 5.02 Å². The van der Waals surface area contributed by atoms with Gasteiger partial charge in [-0.25, -0.2) is 4.98 Å². The molecule has 4 rings (SSSR count). The summed E-state index contributed by atoms with van der Waals surface area (Å²) in [6, 6.07) is 8.40. The lowest BCUT2D eigenvalue weighted by molar-refractivity contribution is 0.395. The molecule has 1 unspecified atom stereocenters. The van der Waals surface area contributed by atoms with Gasteiger partial charge in [0.25, 0.3) is 0 Å². The van der Waals surface area contributed by atoms with Crippen LogP contribution in [-0.2, 0) is 12.8 Å². The standard InChI is InChI=1S/C19H22ClN5S/c1-2-17-21-9-11-25(17)16-4-3-10-24(13-16)19-23-22-18(26-19)12-14-5-7-15(20)8-6-14/h5-9,11,16H,2-4,10,12-13H2,1H3. The van der Waals surface area contributed by atoms with Gasteiger partial charge in [0.05, 0.1) is 6.04 Å². The number of aryl methyl sites for hydroxylation is 1. The lowest BCUT2D eigenvalue weighted by atomic mass is 10.1. The van der Waals surface area contributed by atoms with E-state index < -0.39 is 0 Å². The number of piperidine rings is 1. The molecule has 2 aromatic heterocycles. The molecule has 0 radical (unpaired) electrons. The van der Waals surface area contributed by atoms with Gasteiger partial charge in [0.15, 0.2) is 0 Å². The fraction of sp³-hybridized carbons (Fsp3) is 0.421. The molecule has 1 aliphatic heterocycles. The maximum absolute atomic E-state index is 5.96. The molecule has 1 saturated heterocycles. The van der Waals surface area contributed by atoms with E-state index in [2.05, 4.69) is 37.8 Å². The van der Waals surface area contributed by atoms with E-state index in [9.17, 15) is 0 Å². The third kappa shape index (κ3) is 3.76. The Hall–Kier alpha value is -1.92. The highest BCUT2D eigenvalue weighted by Crippen LogP contribution is 2.30. The molecular formula is C19H22ClN5S. The zero-order valence-corrected chi connectivity index (χ0v) is 16.4. The lowest BCUT2D eigenvalue weighted by Gasteiger charge is -2.33. The molecule has 5 nitrogen and oxygen atoms in total. The van der Waals surface area contributed by atoms with Gasteiger partial charge in [-0.1, -0.05) is 42.0 Å². The third-order valence-corrected chi connectivity index (χ3v) is 6.09. The first-order valence-corrected chi connectivity index (χ1v) is 10.3. The molecule has 0 amide bonds. The minimum Gasteiger partial charge on any atom is -0.345 e. The Morgan fingerprint density at radius 2 is 2.08 bits per heavy atom. The van der Waals surface area contributed by atoms with Crippen LogP contribution in [0.15, 0.2) is 36.7 Å². The topological polar surface area (TPSA) is 46.8 Å². The van der Waals surface area contributed by atoms with E-state index in [0.29, 0.717) is 6.04 Å². The molecule has 136 valence electrons. The Bertz CT molecular complexity index is 857. The molecule has 0 spiro atoms. The fourth-order valence-electron chi connectivity index (χ4n) is 3.53. The molecule has 1 aromatic carbocycles. The van der Waals surface area contributed by atoms with Gasteiger partial charge in [-0.2, -0.15) is 0 Å². The minimum atomic E-state index is 0.463. The first-order valence-electron chi connectivity index (χ1n) is 9.06. The maximum atomic E-state index is 5.96. The number of benzene rings is 1. The number of hydrogen-bond donors (Lipinski definition) is 0. The molecule has 26 heavy (non-hydrogen) atoms. The molecule has 0 bridgehead atoms. The van der Waals surface area contributed by atoms with E-state index in [1.165, 1.54) is 12.0 Å². The summed E-state index contributed by atoms with van der Waals surface area (Å²) in [6.07, 6.45) is 8.14. The average molecular weight is 388 g/mol. The highest BCUT2D eigenvalue weighted by Gasteiger charge is 2.24. The predicted molar refractivity (Wildman–Crippen MR) is 106 cm³/mol. The second kappa shape index (κ2) is 7.76. The normalized spacial score (nSPS) is 17.6. The van der Waals surface area contributed by atoms with Crippen LogP contribution >= 0.6 is 22.9 Å². The van der Waals surface area contributed by atoms with Crippen molar-refractivity contribution in [3.05, 3.63) is 58.1 Å². The van der Waals surface area contributed by atoms with Gasteiger partial charge in [0, 0.05) is 43.3 Å². The summed E-state index contributed by atoms with van der Waals surface area (Å²) in [5, 5.41) is 11.7. The largest absolute Gasteiger partial charge is 0.345 e. The van der Waals surface area contributed by atoms with Crippen molar-refractivity contribution >= 4 is 28.1 Å². The second-order valence-corrected chi connectivity index (χ2v) is 8.10. The summed E-state index contributed by atoms with van der Waals surface area (Å²) in [4.78, 5) is 6.85. The quantitative estimate of drug-likeness (QED) is 0.651. The maximum Gasteiger partial charge on any atom is 0.208 e. The van der Waals surface area contributed by atoms with E-state index in [0.717, 1.165) is 53.3 Å². The summed E-state index contributed by atoms with van der Waals surface area (Å²) in [5.41, 5.74) is 1.21. The van der Waals surface area contributed by atoms with Gasteiger partial charge >= 0.3 is 0 Å². The van der Waals surface area contributed by atoms with Crippen molar-refractivity contribution in [2.24, 2.45) is 0 Å². The zero-order valence-electron chi connectivity index (χ0n) is 14.8. The van der Waals surface area contributed by atoms with Gasteiger partial charge in [-0.15, -0.1) is 10.2 Å². The van der Waals surface area contributed by atoms with Gasteiger partial charge in [-0.3, -0.25) is 0 Å². The number of anilines is 1. The number of aromatic nitrogens is 4. The first-order chi connectivity index (χ1) is 12.7. The summed E-state index contributed by atoms with van der Waals surface area (Å²) >= 11 is 7.65. The molecule has 1 aliphatic rings. The Labute approximate surface area is 162 Å². The van der Waals surface area contributed by atoms with Crippen molar-refractivity contribution in [2.45, 2.75) is 38.6 Å². The van der Waals surface area contributed by atoms with Crippen molar-refractivity contribution in [1.29, 1.82) is 0 Å². The first kappa shape index (κ1) is 17.5. The van der Waals surface area contributed by atoms with Crippen LogP contribution < -0.4 is 4.90 Å². The van der Waals surface area contributed by atoms with Crippen LogP contribution in [0, 0.1) is 0 Å². The molecular weight excluding hydrogens is 366 g/mol. The van der Waals surface area contributed by atoms with E-state index in [-0.39, 0.29) is 0 Å². The van der Waals surface area contributed by atoms with E-state index in [1.54, 1.807) is 11.3 Å². The smallest absolute Gasteiger partial charge is 0.208 e. The van der Waals surface area contributed by atoms with Crippen molar-refractivity contribution in [1.82, 2.24) is 19.7 Å². The Morgan fingerprint density at radius 3 is 2.88 bits per heavy atom. The summed E-state index contributed by atoms with van der Waals surface area (Å²) in [6.45, 7) is 4.17. The molecule has 0 saturated carbocycles. The van der Waals surface area contributed by atoms with E-state index in [4.69, 9.17) is 11.6 Å². The van der Waals surface area contributed by atoms with Gasteiger partial charge in [0.1, 0.15) is 10.8 Å². The molecule has 1 fully saturated rings. The lowest BCUT2D eigenvalue weighted by Crippen LogP contribution is -2.36. The molecule has 3 heterocycles. The number of halogens is 1. The van der Waals surface area contributed by atoms with E-state index >= 15 is 0 Å². The predicted octanol–water partition coefficient (Wildman–Crippen LogP) is 4.38. The summed E-state index contributed by atoms with van der Waals surface area (Å²) in [5.74, 6) is 1.16. The van der Waals surface area contributed by atoms with Gasteiger partial charge in [0.2, 0.25) is 5.13 Å². The van der Waals surface area contributed by atoms with Crippen LogP contribution in [0.25, 0.3) is 0 Å².